The highest BCUT2D eigenvalue weighted by Gasteiger charge is 2.31. The van der Waals surface area contributed by atoms with E-state index in [0.717, 1.165) is 5.71 Å². The molecule has 1 aliphatic carbocycles. The van der Waals surface area contributed by atoms with E-state index in [1.165, 1.54) is 32.2 Å². The molecule has 0 bridgehead atoms. The first kappa shape index (κ1) is 14.4. The van der Waals surface area contributed by atoms with Crippen LogP contribution in [-0.4, -0.2) is 19.8 Å². The molecule has 17 heavy (non-hydrogen) atoms. The molecule has 2 atom stereocenters. The fraction of sp³-hybridized carbons (Fsp3) is 0.846. The van der Waals surface area contributed by atoms with Gasteiger partial charge in [-0.25, -0.2) is 4.79 Å². The van der Waals surface area contributed by atoms with E-state index in [0.29, 0.717) is 11.8 Å². The Morgan fingerprint density at radius 1 is 1.41 bits per heavy atom. The molecule has 0 spiro atoms. The highest BCUT2D eigenvalue weighted by atomic mass is 28.3. The first-order valence-electron chi connectivity index (χ1n) is 6.55. The predicted molar refractivity (Wildman–Crippen MR) is 73.9 cm³/mol. The van der Waals surface area contributed by atoms with Crippen molar-refractivity contribution in [3.63, 3.8) is 0 Å². The van der Waals surface area contributed by atoms with Crippen LogP contribution in [0.3, 0.4) is 0 Å². The molecule has 1 aliphatic rings. The summed E-state index contributed by atoms with van der Waals surface area (Å²) < 4.78 is 0. The zero-order valence-corrected chi connectivity index (χ0v) is 12.7. The normalized spacial score (nSPS) is 28.2. The van der Waals surface area contributed by atoms with Gasteiger partial charge in [0.1, 0.15) is 0 Å². The molecule has 0 aliphatic heterocycles. The van der Waals surface area contributed by atoms with Gasteiger partial charge in [-0.3, -0.25) is 0 Å². The fourth-order valence-electron chi connectivity index (χ4n) is 2.60. The number of hydrogen-bond donors (Lipinski definition) is 0. The zero-order valence-electron chi connectivity index (χ0n) is 11.7. The lowest BCUT2D eigenvalue weighted by Gasteiger charge is -2.32. The molecule has 0 aromatic carbocycles. The molecule has 1 saturated carbocycles. The molecular formula is C13H25NO2Si. The average molecular weight is 255 g/mol. The zero-order chi connectivity index (χ0) is 13.1. The Kier molecular flexibility index (Phi) is 4.92. The Morgan fingerprint density at radius 2 is 2.06 bits per heavy atom. The van der Waals surface area contributed by atoms with Crippen molar-refractivity contribution in [2.24, 2.45) is 17.0 Å². The summed E-state index contributed by atoms with van der Waals surface area (Å²) in [5.41, 5.74) is 1.12. The van der Waals surface area contributed by atoms with Crippen LogP contribution in [-0.2, 0) is 9.63 Å². The van der Waals surface area contributed by atoms with Crippen LogP contribution >= 0.6 is 0 Å². The molecule has 0 radical (unpaired) electrons. The number of hydrogen-bond acceptors (Lipinski definition) is 3. The van der Waals surface area contributed by atoms with E-state index in [4.69, 9.17) is 4.84 Å². The lowest BCUT2D eigenvalue weighted by Crippen LogP contribution is -2.33. The molecule has 0 amide bonds. The highest BCUT2D eigenvalue weighted by Crippen LogP contribution is 2.32. The van der Waals surface area contributed by atoms with E-state index in [2.05, 4.69) is 31.7 Å². The van der Waals surface area contributed by atoms with Crippen LogP contribution in [0.5, 0.6) is 0 Å². The van der Waals surface area contributed by atoms with Crippen molar-refractivity contribution in [3.8, 4) is 0 Å². The lowest BCUT2D eigenvalue weighted by atomic mass is 9.81. The van der Waals surface area contributed by atoms with Gasteiger partial charge in [0.2, 0.25) is 0 Å². The summed E-state index contributed by atoms with van der Waals surface area (Å²) >= 11 is 0. The second-order valence-electron chi connectivity index (χ2n) is 6.39. The van der Waals surface area contributed by atoms with Gasteiger partial charge in [0.05, 0.1) is 5.71 Å². The van der Waals surface area contributed by atoms with Crippen molar-refractivity contribution in [1.82, 2.24) is 0 Å². The topological polar surface area (TPSA) is 38.7 Å². The van der Waals surface area contributed by atoms with Gasteiger partial charge in [-0.15, -0.1) is 0 Å². The van der Waals surface area contributed by atoms with Crippen LogP contribution in [0.4, 0.5) is 0 Å². The van der Waals surface area contributed by atoms with E-state index in [-0.39, 0.29) is 5.97 Å². The van der Waals surface area contributed by atoms with Crippen molar-refractivity contribution < 1.29 is 9.63 Å². The van der Waals surface area contributed by atoms with Crippen LogP contribution in [0.2, 0.25) is 25.7 Å². The fourth-order valence-corrected chi connectivity index (χ4v) is 4.49. The van der Waals surface area contributed by atoms with E-state index in [1.807, 2.05) is 0 Å². The molecule has 0 saturated heterocycles. The summed E-state index contributed by atoms with van der Waals surface area (Å²) in [6, 6.07) is 1.25. The van der Waals surface area contributed by atoms with Crippen LogP contribution < -0.4 is 0 Å². The number of rotatable bonds is 3. The van der Waals surface area contributed by atoms with Gasteiger partial charge >= 0.3 is 5.97 Å². The van der Waals surface area contributed by atoms with Crippen LogP contribution in [0, 0.1) is 11.8 Å². The van der Waals surface area contributed by atoms with Crippen molar-refractivity contribution in [3.05, 3.63) is 0 Å². The molecule has 98 valence electrons. The van der Waals surface area contributed by atoms with Crippen LogP contribution in [0.25, 0.3) is 0 Å². The summed E-state index contributed by atoms with van der Waals surface area (Å²) in [6.45, 7) is 10.8. The molecule has 3 nitrogen and oxygen atoms in total. The van der Waals surface area contributed by atoms with E-state index in [9.17, 15) is 4.79 Å². The van der Waals surface area contributed by atoms with E-state index >= 15 is 0 Å². The van der Waals surface area contributed by atoms with Gasteiger partial charge in [0.25, 0.3) is 0 Å². The Morgan fingerprint density at radius 3 is 2.59 bits per heavy atom. The molecule has 0 aromatic rings. The average Bonchev–Trinajstić information content (AvgIpc) is 2.13. The molecule has 0 unspecified atom stereocenters. The minimum atomic E-state index is -1.09. The van der Waals surface area contributed by atoms with Crippen LogP contribution in [0.15, 0.2) is 5.16 Å². The molecule has 0 heterocycles. The van der Waals surface area contributed by atoms with Gasteiger partial charge in [-0.2, -0.15) is 0 Å². The molecule has 4 heteroatoms. The third-order valence-corrected chi connectivity index (χ3v) is 4.97. The molecule has 1 fully saturated rings. The summed E-state index contributed by atoms with van der Waals surface area (Å²) in [7, 11) is -1.09. The van der Waals surface area contributed by atoms with Gasteiger partial charge in [0.15, 0.2) is 0 Å². The number of nitrogens with zero attached hydrogens (tertiary/aromatic N) is 1. The van der Waals surface area contributed by atoms with E-state index < -0.39 is 8.07 Å². The molecule has 1 rings (SSSR count). The SMILES string of the molecule is CC(=O)O/N=C1/[C@H](C[Si](C)(C)C)CCC[C@@H]1C. The Balaban J connectivity index is 2.77. The second-order valence-corrected chi connectivity index (χ2v) is 11.9. The second kappa shape index (κ2) is 5.80. The maximum absolute atomic E-state index is 10.9. The number of carbonyl (C=O) groups is 1. The van der Waals surface area contributed by atoms with Gasteiger partial charge in [0, 0.05) is 15.0 Å². The summed E-state index contributed by atoms with van der Waals surface area (Å²) in [5.74, 6) is 0.677. The standard InChI is InChI=1S/C13H25NO2Si/c1-10-7-6-8-12(9-17(3,4)5)13(10)14-16-11(2)15/h10,12H,6-9H2,1-5H3/b14-13+/t10-,12-/m0/s1. The minimum absolute atomic E-state index is 0.318. The maximum Gasteiger partial charge on any atom is 0.331 e. The Hall–Kier alpha value is -0.643. The van der Waals surface area contributed by atoms with Crippen LogP contribution in [0.1, 0.15) is 33.1 Å². The van der Waals surface area contributed by atoms with Gasteiger partial charge < -0.3 is 4.84 Å². The quantitative estimate of drug-likeness (QED) is 0.438. The molecule has 0 aromatic heterocycles. The Bertz CT molecular complexity index is 307. The first-order valence-corrected chi connectivity index (χ1v) is 10.3. The summed E-state index contributed by atoms with van der Waals surface area (Å²) in [4.78, 5) is 15.7. The van der Waals surface area contributed by atoms with E-state index in [1.54, 1.807) is 0 Å². The lowest BCUT2D eigenvalue weighted by molar-refractivity contribution is -0.141. The third kappa shape index (κ3) is 5.02. The number of carbonyl (C=O) groups excluding carboxylic acids is 1. The highest BCUT2D eigenvalue weighted by molar-refractivity contribution is 6.76. The minimum Gasteiger partial charge on any atom is -0.319 e. The van der Waals surface area contributed by atoms with Gasteiger partial charge in [-0.1, -0.05) is 38.1 Å². The maximum atomic E-state index is 10.9. The monoisotopic (exact) mass is 255 g/mol. The van der Waals surface area contributed by atoms with Crippen molar-refractivity contribution >= 4 is 19.8 Å². The smallest absolute Gasteiger partial charge is 0.319 e. The predicted octanol–water partition coefficient (Wildman–Crippen LogP) is 3.68. The first-order chi connectivity index (χ1) is 7.79. The summed E-state index contributed by atoms with van der Waals surface area (Å²) in [6.07, 6.45) is 3.65. The largest absolute Gasteiger partial charge is 0.331 e. The summed E-state index contributed by atoms with van der Waals surface area (Å²) in [5, 5.41) is 4.12. The molecule has 0 N–H and O–H groups in total. The van der Waals surface area contributed by atoms with Crippen molar-refractivity contribution in [2.45, 2.75) is 58.8 Å². The van der Waals surface area contributed by atoms with Crippen molar-refractivity contribution in [2.75, 3.05) is 0 Å². The number of oxime groups is 1. The molecular weight excluding hydrogens is 230 g/mol. The Labute approximate surface area is 106 Å². The third-order valence-electron chi connectivity index (χ3n) is 3.25. The van der Waals surface area contributed by atoms with Gasteiger partial charge in [-0.05, 0) is 30.7 Å². The van der Waals surface area contributed by atoms with Crippen molar-refractivity contribution in [1.29, 1.82) is 0 Å².